The minimum absolute atomic E-state index is 0.187. The first-order chi connectivity index (χ1) is 8.52. The van der Waals surface area contributed by atoms with Crippen LogP contribution >= 0.6 is 0 Å². The molecule has 1 amide bonds. The number of hydrogen-bond donors (Lipinski definition) is 2. The van der Waals surface area contributed by atoms with Crippen LogP contribution in [0.2, 0.25) is 0 Å². The Hall–Kier alpha value is -1.26. The van der Waals surface area contributed by atoms with E-state index in [4.69, 9.17) is 5.73 Å². The molecule has 1 aliphatic rings. The molecule has 0 saturated heterocycles. The van der Waals surface area contributed by atoms with Gasteiger partial charge in [-0.25, -0.2) is 0 Å². The second kappa shape index (κ2) is 6.61. The Morgan fingerprint density at radius 3 is 2.50 bits per heavy atom. The summed E-state index contributed by atoms with van der Waals surface area (Å²) in [6, 6.07) is 0. The van der Waals surface area contributed by atoms with Gasteiger partial charge < -0.3 is 16.0 Å². The number of nitrogens with zero attached hydrogens (tertiary/aromatic N) is 2. The van der Waals surface area contributed by atoms with E-state index in [9.17, 15) is 4.79 Å². The lowest BCUT2D eigenvalue weighted by atomic mass is 9.85. The van der Waals surface area contributed by atoms with Crippen molar-refractivity contribution >= 4 is 11.9 Å². The van der Waals surface area contributed by atoms with Gasteiger partial charge in [0.1, 0.15) is 0 Å². The summed E-state index contributed by atoms with van der Waals surface area (Å²) >= 11 is 0. The van der Waals surface area contributed by atoms with Gasteiger partial charge in [0.2, 0.25) is 5.91 Å². The number of amides is 1. The number of guanidine groups is 1. The van der Waals surface area contributed by atoms with Gasteiger partial charge in [0.05, 0.1) is 12.0 Å². The van der Waals surface area contributed by atoms with Gasteiger partial charge in [0.25, 0.3) is 0 Å². The molecule has 0 aromatic rings. The predicted octanol–water partition coefficient (Wildman–Crippen LogP) is 0.949. The summed E-state index contributed by atoms with van der Waals surface area (Å²) in [4.78, 5) is 18.3. The smallest absolute Gasteiger partial charge is 0.230 e. The van der Waals surface area contributed by atoms with E-state index in [-0.39, 0.29) is 11.3 Å². The van der Waals surface area contributed by atoms with Crippen molar-refractivity contribution in [3.8, 4) is 0 Å². The fourth-order valence-electron chi connectivity index (χ4n) is 2.51. The monoisotopic (exact) mass is 254 g/mol. The molecule has 0 aliphatic heterocycles. The van der Waals surface area contributed by atoms with Crippen molar-refractivity contribution in [1.82, 2.24) is 10.2 Å². The highest BCUT2D eigenvalue weighted by atomic mass is 16.2. The molecule has 104 valence electrons. The summed E-state index contributed by atoms with van der Waals surface area (Å²) in [5.41, 5.74) is 5.47. The number of nitrogens with two attached hydrogens (primary N) is 1. The van der Waals surface area contributed by atoms with Crippen molar-refractivity contribution in [2.75, 3.05) is 27.2 Å². The Morgan fingerprint density at radius 1 is 1.39 bits per heavy atom. The van der Waals surface area contributed by atoms with E-state index < -0.39 is 0 Å². The van der Waals surface area contributed by atoms with Crippen molar-refractivity contribution in [2.24, 2.45) is 16.1 Å². The van der Waals surface area contributed by atoms with Crippen LogP contribution in [0.1, 0.15) is 39.0 Å². The average Bonchev–Trinajstić information content (AvgIpc) is 2.82. The Morgan fingerprint density at radius 2 is 2.00 bits per heavy atom. The third-order valence-electron chi connectivity index (χ3n) is 3.53. The van der Waals surface area contributed by atoms with Crippen LogP contribution < -0.4 is 11.1 Å². The Balaban J connectivity index is 2.66. The van der Waals surface area contributed by atoms with Gasteiger partial charge in [-0.2, -0.15) is 0 Å². The van der Waals surface area contributed by atoms with Gasteiger partial charge >= 0.3 is 0 Å². The second-order valence-electron chi connectivity index (χ2n) is 5.32. The quantitative estimate of drug-likeness (QED) is 0.567. The van der Waals surface area contributed by atoms with Gasteiger partial charge in [-0.05, 0) is 19.3 Å². The number of carbonyl (C=O) groups is 1. The summed E-state index contributed by atoms with van der Waals surface area (Å²) in [5.74, 6) is 0.640. The molecule has 0 aromatic carbocycles. The molecule has 0 spiro atoms. The molecule has 5 nitrogen and oxygen atoms in total. The van der Waals surface area contributed by atoms with Crippen LogP contribution in [0.4, 0.5) is 0 Å². The Bertz CT molecular complexity index is 306. The van der Waals surface area contributed by atoms with E-state index in [1.54, 1.807) is 4.90 Å². The van der Waals surface area contributed by atoms with Gasteiger partial charge in [-0.1, -0.05) is 19.8 Å². The molecule has 0 bridgehead atoms. The van der Waals surface area contributed by atoms with Crippen molar-refractivity contribution in [1.29, 1.82) is 0 Å². The molecule has 1 rings (SSSR count). The van der Waals surface area contributed by atoms with E-state index >= 15 is 0 Å². The first kappa shape index (κ1) is 14.8. The van der Waals surface area contributed by atoms with Crippen LogP contribution in [0.25, 0.3) is 0 Å². The molecule has 1 aliphatic carbocycles. The van der Waals surface area contributed by atoms with Gasteiger partial charge in [-0.3, -0.25) is 9.79 Å². The molecular formula is C13H26N4O. The molecule has 0 radical (unpaired) electrons. The molecule has 1 fully saturated rings. The molecule has 0 unspecified atom stereocenters. The highest BCUT2D eigenvalue weighted by Crippen LogP contribution is 2.39. The third kappa shape index (κ3) is 3.62. The first-order valence-electron chi connectivity index (χ1n) is 6.77. The lowest BCUT2D eigenvalue weighted by Crippen LogP contribution is -2.42. The normalized spacial score (nSPS) is 18.7. The second-order valence-corrected chi connectivity index (χ2v) is 5.32. The van der Waals surface area contributed by atoms with Crippen molar-refractivity contribution in [3.63, 3.8) is 0 Å². The molecule has 1 saturated carbocycles. The molecule has 5 heteroatoms. The van der Waals surface area contributed by atoms with Crippen LogP contribution in [-0.2, 0) is 4.79 Å². The van der Waals surface area contributed by atoms with Crippen LogP contribution in [0, 0.1) is 5.41 Å². The number of aliphatic imine (C=N–C) groups is 1. The molecule has 3 N–H and O–H groups in total. The maximum Gasteiger partial charge on any atom is 0.230 e. The topological polar surface area (TPSA) is 70.7 Å². The summed E-state index contributed by atoms with van der Waals surface area (Å²) in [6.45, 7) is 3.41. The summed E-state index contributed by atoms with van der Waals surface area (Å²) in [7, 11) is 3.62. The van der Waals surface area contributed by atoms with Crippen LogP contribution in [-0.4, -0.2) is 44.0 Å². The zero-order valence-corrected chi connectivity index (χ0v) is 11.8. The molecule has 0 heterocycles. The zero-order chi connectivity index (χ0) is 13.6. The van der Waals surface area contributed by atoms with E-state index in [0.29, 0.717) is 12.5 Å². The number of carbonyl (C=O) groups excluding carboxylic acids is 1. The minimum Gasteiger partial charge on any atom is -0.370 e. The molecular weight excluding hydrogens is 228 g/mol. The maximum atomic E-state index is 12.3. The fraction of sp³-hybridized carbons (Fsp3) is 0.846. The standard InChI is InChI=1S/C13H26N4O/c1-4-9-15-12(14)16-10-13(7-5-6-8-13)11(18)17(2)3/h4-10H2,1-3H3,(H3,14,15,16). The van der Waals surface area contributed by atoms with E-state index in [1.807, 2.05) is 14.1 Å². The van der Waals surface area contributed by atoms with Crippen molar-refractivity contribution in [2.45, 2.75) is 39.0 Å². The highest BCUT2D eigenvalue weighted by Gasteiger charge is 2.41. The summed E-state index contributed by atoms with van der Waals surface area (Å²) in [5, 5.41) is 3.04. The van der Waals surface area contributed by atoms with E-state index in [1.165, 1.54) is 0 Å². The lowest BCUT2D eigenvalue weighted by molar-refractivity contribution is -0.138. The largest absolute Gasteiger partial charge is 0.370 e. The number of hydrogen-bond acceptors (Lipinski definition) is 2. The molecule has 18 heavy (non-hydrogen) atoms. The predicted molar refractivity (Wildman–Crippen MR) is 74.4 cm³/mol. The maximum absolute atomic E-state index is 12.3. The van der Waals surface area contributed by atoms with Crippen LogP contribution in [0.5, 0.6) is 0 Å². The molecule has 0 atom stereocenters. The lowest BCUT2D eigenvalue weighted by Gasteiger charge is -2.29. The van der Waals surface area contributed by atoms with Gasteiger partial charge in [-0.15, -0.1) is 0 Å². The zero-order valence-electron chi connectivity index (χ0n) is 11.8. The molecule has 0 aromatic heterocycles. The van der Waals surface area contributed by atoms with E-state index in [2.05, 4.69) is 17.2 Å². The SMILES string of the molecule is CCCNC(N)=NCC1(C(=O)N(C)C)CCCC1. The average molecular weight is 254 g/mol. The number of nitrogens with one attached hydrogen (secondary N) is 1. The summed E-state index contributed by atoms with van der Waals surface area (Å²) in [6.07, 6.45) is 5.08. The minimum atomic E-state index is -0.317. The van der Waals surface area contributed by atoms with Gasteiger partial charge in [0.15, 0.2) is 5.96 Å². The first-order valence-corrected chi connectivity index (χ1v) is 6.77. The third-order valence-corrected chi connectivity index (χ3v) is 3.53. The highest BCUT2D eigenvalue weighted by molar-refractivity contribution is 5.84. The van der Waals surface area contributed by atoms with Crippen LogP contribution in [0.15, 0.2) is 4.99 Å². The summed E-state index contributed by atoms with van der Waals surface area (Å²) < 4.78 is 0. The number of rotatable bonds is 5. The Kier molecular flexibility index (Phi) is 5.44. The fourth-order valence-corrected chi connectivity index (χ4v) is 2.51. The van der Waals surface area contributed by atoms with Crippen molar-refractivity contribution in [3.05, 3.63) is 0 Å². The van der Waals surface area contributed by atoms with E-state index in [0.717, 1.165) is 38.6 Å². The van der Waals surface area contributed by atoms with Crippen molar-refractivity contribution < 1.29 is 4.79 Å². The Labute approximate surface area is 110 Å². The van der Waals surface area contributed by atoms with Crippen LogP contribution in [0.3, 0.4) is 0 Å². The van der Waals surface area contributed by atoms with Gasteiger partial charge in [0, 0.05) is 20.6 Å².